The average molecular weight is 272 g/mol. The van der Waals surface area contributed by atoms with E-state index in [9.17, 15) is 4.79 Å². The summed E-state index contributed by atoms with van der Waals surface area (Å²) in [5, 5.41) is 3.53. The maximum absolute atomic E-state index is 11.7. The predicted molar refractivity (Wildman–Crippen MR) is 80.4 cm³/mol. The van der Waals surface area contributed by atoms with Crippen LogP contribution in [0.4, 0.5) is 4.79 Å². The maximum atomic E-state index is 11.7. The van der Waals surface area contributed by atoms with Gasteiger partial charge in [-0.05, 0) is 46.1 Å². The molecular weight excluding hydrogens is 240 g/mol. The summed E-state index contributed by atoms with van der Waals surface area (Å²) in [6.07, 6.45) is 1.84. The molecule has 0 rings (SSSR count). The molecule has 0 aliphatic heterocycles. The SMILES string of the molecule is CCC(NCCCN(C)C(=O)OC(C)(C)C)C(C)C. The fourth-order valence-electron chi connectivity index (χ4n) is 1.89. The van der Waals surface area contributed by atoms with E-state index in [-0.39, 0.29) is 6.09 Å². The van der Waals surface area contributed by atoms with Crippen LogP contribution in [0, 0.1) is 5.92 Å². The van der Waals surface area contributed by atoms with Crippen LogP contribution in [0.2, 0.25) is 0 Å². The molecule has 1 atom stereocenters. The minimum absolute atomic E-state index is 0.247. The fourth-order valence-corrected chi connectivity index (χ4v) is 1.89. The Bertz CT molecular complexity index is 259. The zero-order valence-corrected chi connectivity index (χ0v) is 13.7. The Kier molecular flexibility index (Phi) is 8.07. The van der Waals surface area contributed by atoms with E-state index in [1.165, 1.54) is 0 Å². The Morgan fingerprint density at radius 3 is 2.32 bits per heavy atom. The molecule has 0 heterocycles. The lowest BCUT2D eigenvalue weighted by Crippen LogP contribution is -2.37. The number of nitrogens with one attached hydrogen (secondary N) is 1. The number of hydrogen-bond acceptors (Lipinski definition) is 3. The third kappa shape index (κ3) is 8.87. The second kappa shape index (κ2) is 8.41. The lowest BCUT2D eigenvalue weighted by Gasteiger charge is -2.25. The minimum Gasteiger partial charge on any atom is -0.444 e. The normalized spacial score (nSPS) is 13.5. The van der Waals surface area contributed by atoms with Crippen molar-refractivity contribution in [2.45, 2.75) is 66.0 Å². The molecule has 0 saturated heterocycles. The molecule has 0 spiro atoms. The number of nitrogens with zero attached hydrogens (tertiary/aromatic N) is 1. The monoisotopic (exact) mass is 272 g/mol. The van der Waals surface area contributed by atoms with Gasteiger partial charge in [-0.25, -0.2) is 4.79 Å². The van der Waals surface area contributed by atoms with Crippen LogP contribution in [-0.4, -0.2) is 42.8 Å². The van der Waals surface area contributed by atoms with E-state index in [4.69, 9.17) is 4.74 Å². The first-order valence-electron chi connectivity index (χ1n) is 7.35. The van der Waals surface area contributed by atoms with E-state index in [0.717, 1.165) is 25.9 Å². The second-order valence-electron chi connectivity index (χ2n) is 6.47. The molecule has 0 aliphatic rings. The van der Waals surface area contributed by atoms with E-state index in [1.54, 1.807) is 11.9 Å². The van der Waals surface area contributed by atoms with E-state index >= 15 is 0 Å². The van der Waals surface area contributed by atoms with E-state index in [0.29, 0.717) is 12.0 Å². The van der Waals surface area contributed by atoms with Crippen LogP contribution < -0.4 is 5.32 Å². The van der Waals surface area contributed by atoms with Gasteiger partial charge in [-0.2, -0.15) is 0 Å². The van der Waals surface area contributed by atoms with Gasteiger partial charge in [-0.1, -0.05) is 20.8 Å². The average Bonchev–Trinajstić information content (AvgIpc) is 2.25. The molecule has 1 amide bonds. The van der Waals surface area contributed by atoms with Crippen LogP contribution >= 0.6 is 0 Å². The van der Waals surface area contributed by atoms with Crippen LogP contribution in [-0.2, 0) is 4.74 Å². The van der Waals surface area contributed by atoms with Gasteiger partial charge in [0.2, 0.25) is 0 Å². The van der Waals surface area contributed by atoms with Crippen LogP contribution in [0.1, 0.15) is 54.4 Å². The van der Waals surface area contributed by atoms with Crippen LogP contribution in [0.15, 0.2) is 0 Å². The zero-order valence-electron chi connectivity index (χ0n) is 13.7. The smallest absolute Gasteiger partial charge is 0.410 e. The molecule has 0 aromatic heterocycles. The largest absolute Gasteiger partial charge is 0.444 e. The predicted octanol–water partition coefficient (Wildman–Crippen LogP) is 3.27. The quantitative estimate of drug-likeness (QED) is 0.723. The number of ether oxygens (including phenoxy) is 1. The molecule has 0 fully saturated rings. The minimum atomic E-state index is -0.422. The number of amides is 1. The van der Waals surface area contributed by atoms with Gasteiger partial charge < -0.3 is 15.0 Å². The molecule has 0 aromatic rings. The molecule has 0 aromatic carbocycles. The molecule has 4 nitrogen and oxygen atoms in total. The highest BCUT2D eigenvalue weighted by Crippen LogP contribution is 2.09. The molecule has 0 saturated carbocycles. The Labute approximate surface area is 118 Å². The summed E-state index contributed by atoms with van der Waals surface area (Å²) in [7, 11) is 1.79. The Morgan fingerprint density at radius 1 is 1.32 bits per heavy atom. The standard InChI is InChI=1S/C15H32N2O2/c1-8-13(12(2)3)16-10-9-11-17(7)14(18)19-15(4,5)6/h12-13,16H,8-11H2,1-7H3. The summed E-state index contributed by atoms with van der Waals surface area (Å²) in [6.45, 7) is 14.0. The summed E-state index contributed by atoms with van der Waals surface area (Å²) >= 11 is 0. The van der Waals surface area contributed by atoms with Crippen molar-refractivity contribution in [3.63, 3.8) is 0 Å². The Morgan fingerprint density at radius 2 is 1.89 bits per heavy atom. The summed E-state index contributed by atoms with van der Waals surface area (Å²) < 4.78 is 5.30. The van der Waals surface area contributed by atoms with Crippen LogP contribution in [0.3, 0.4) is 0 Å². The highest BCUT2D eigenvalue weighted by molar-refractivity contribution is 5.67. The van der Waals surface area contributed by atoms with Gasteiger partial charge in [0.15, 0.2) is 0 Å². The highest BCUT2D eigenvalue weighted by Gasteiger charge is 2.19. The molecule has 1 N–H and O–H groups in total. The van der Waals surface area contributed by atoms with Crippen LogP contribution in [0.5, 0.6) is 0 Å². The van der Waals surface area contributed by atoms with E-state index < -0.39 is 5.60 Å². The van der Waals surface area contributed by atoms with Gasteiger partial charge in [0.1, 0.15) is 5.60 Å². The van der Waals surface area contributed by atoms with Gasteiger partial charge >= 0.3 is 6.09 Å². The fraction of sp³-hybridized carbons (Fsp3) is 0.933. The molecule has 1 unspecified atom stereocenters. The molecule has 0 radical (unpaired) electrons. The molecule has 0 aliphatic carbocycles. The van der Waals surface area contributed by atoms with Crippen LogP contribution in [0.25, 0.3) is 0 Å². The van der Waals surface area contributed by atoms with Gasteiger partial charge in [0, 0.05) is 19.6 Å². The van der Waals surface area contributed by atoms with E-state index in [2.05, 4.69) is 26.1 Å². The summed E-state index contributed by atoms with van der Waals surface area (Å²) in [5.41, 5.74) is -0.422. The zero-order chi connectivity index (χ0) is 15.1. The van der Waals surface area contributed by atoms with Crippen molar-refractivity contribution in [3.05, 3.63) is 0 Å². The molecule has 4 heteroatoms. The molecule has 0 bridgehead atoms. The summed E-state index contributed by atoms with van der Waals surface area (Å²) in [5.74, 6) is 0.647. The lowest BCUT2D eigenvalue weighted by molar-refractivity contribution is 0.0297. The van der Waals surface area contributed by atoms with Crippen molar-refractivity contribution in [2.24, 2.45) is 5.92 Å². The number of carbonyl (C=O) groups excluding carboxylic acids is 1. The number of carbonyl (C=O) groups is 1. The molecular formula is C15H32N2O2. The Hall–Kier alpha value is -0.770. The van der Waals surface area contributed by atoms with Crippen molar-refractivity contribution in [2.75, 3.05) is 20.1 Å². The van der Waals surface area contributed by atoms with Crippen molar-refractivity contribution >= 4 is 6.09 Å². The first kappa shape index (κ1) is 18.2. The highest BCUT2D eigenvalue weighted by atomic mass is 16.6. The van der Waals surface area contributed by atoms with Crippen molar-refractivity contribution in [1.29, 1.82) is 0 Å². The van der Waals surface area contributed by atoms with Crippen molar-refractivity contribution in [3.8, 4) is 0 Å². The maximum Gasteiger partial charge on any atom is 0.410 e. The van der Waals surface area contributed by atoms with Gasteiger partial charge in [0.25, 0.3) is 0 Å². The third-order valence-corrected chi connectivity index (χ3v) is 3.03. The summed E-state index contributed by atoms with van der Waals surface area (Å²) in [6, 6.07) is 0.562. The topological polar surface area (TPSA) is 41.6 Å². The Balaban J connectivity index is 3.86. The van der Waals surface area contributed by atoms with Crippen molar-refractivity contribution < 1.29 is 9.53 Å². The third-order valence-electron chi connectivity index (χ3n) is 3.03. The van der Waals surface area contributed by atoms with Gasteiger partial charge in [-0.15, -0.1) is 0 Å². The first-order valence-corrected chi connectivity index (χ1v) is 7.35. The van der Waals surface area contributed by atoms with Gasteiger partial charge in [-0.3, -0.25) is 0 Å². The second-order valence-corrected chi connectivity index (χ2v) is 6.47. The number of hydrogen-bond donors (Lipinski definition) is 1. The summed E-state index contributed by atoms with van der Waals surface area (Å²) in [4.78, 5) is 13.4. The van der Waals surface area contributed by atoms with Crippen molar-refractivity contribution in [1.82, 2.24) is 10.2 Å². The first-order chi connectivity index (χ1) is 8.67. The molecule has 114 valence electrons. The van der Waals surface area contributed by atoms with Gasteiger partial charge in [0.05, 0.1) is 0 Å². The lowest BCUT2D eigenvalue weighted by atomic mass is 10.0. The number of rotatable bonds is 7. The molecule has 19 heavy (non-hydrogen) atoms. The van der Waals surface area contributed by atoms with E-state index in [1.807, 2.05) is 20.8 Å².